The first-order chi connectivity index (χ1) is 10.6. The van der Waals surface area contributed by atoms with E-state index >= 15 is 0 Å². The quantitative estimate of drug-likeness (QED) is 0.477. The maximum atomic E-state index is 13.4. The molecule has 2 heterocycles. The lowest BCUT2D eigenvalue weighted by atomic mass is 10.1. The molecule has 0 unspecified atom stereocenters. The van der Waals surface area contributed by atoms with E-state index < -0.39 is 0 Å². The Labute approximate surface area is 131 Å². The van der Waals surface area contributed by atoms with Crippen LogP contribution in [0, 0.1) is 12.7 Å². The van der Waals surface area contributed by atoms with Crippen molar-refractivity contribution in [1.29, 1.82) is 0 Å². The molecule has 2 aromatic heterocycles. The summed E-state index contributed by atoms with van der Waals surface area (Å²) in [6.45, 7) is 2.08. The summed E-state index contributed by atoms with van der Waals surface area (Å²) in [7, 11) is 2.00. The number of aryl methyl sites for hydroxylation is 2. The van der Waals surface area contributed by atoms with E-state index in [2.05, 4.69) is 25.3 Å². The van der Waals surface area contributed by atoms with E-state index in [4.69, 9.17) is 4.98 Å². The van der Waals surface area contributed by atoms with Crippen molar-refractivity contribution >= 4 is 31.6 Å². The first kappa shape index (κ1) is 13.3. The van der Waals surface area contributed by atoms with Gasteiger partial charge < -0.3 is 0 Å². The maximum Gasteiger partial charge on any atom is 0.332 e. The Balaban J connectivity index is 2.04. The van der Waals surface area contributed by atoms with E-state index in [0.29, 0.717) is 0 Å². The number of benzene rings is 2. The fourth-order valence-corrected chi connectivity index (χ4v) is 3.86. The minimum absolute atomic E-state index is 0.206. The lowest BCUT2D eigenvalue weighted by molar-refractivity contribution is -0.661. The van der Waals surface area contributed by atoms with E-state index in [1.165, 1.54) is 23.0 Å². The summed E-state index contributed by atoms with van der Waals surface area (Å²) in [5, 5.41) is 2.13. The van der Waals surface area contributed by atoms with E-state index in [-0.39, 0.29) is 5.82 Å². The van der Waals surface area contributed by atoms with Gasteiger partial charge in [0.2, 0.25) is 4.83 Å². The minimum Gasteiger partial charge on any atom is -0.232 e. The number of halogens is 1. The fraction of sp³-hybridized carbons (Fsp3) is 0.111. The normalized spacial score (nSPS) is 11.4. The predicted octanol–water partition coefficient (Wildman–Crippen LogP) is 4.39. The summed E-state index contributed by atoms with van der Waals surface area (Å²) in [6.07, 6.45) is 2.08. The van der Waals surface area contributed by atoms with Crippen LogP contribution in [0.25, 0.3) is 31.7 Å². The van der Waals surface area contributed by atoms with Gasteiger partial charge in [0, 0.05) is 10.1 Å². The molecule has 0 saturated heterocycles. The van der Waals surface area contributed by atoms with Crippen LogP contribution in [0.2, 0.25) is 0 Å². The summed E-state index contributed by atoms with van der Waals surface area (Å²) < 4.78 is 16.4. The highest BCUT2D eigenvalue weighted by atomic mass is 32.1. The van der Waals surface area contributed by atoms with Gasteiger partial charge in [0.05, 0.1) is 18.0 Å². The molecule has 0 bridgehead atoms. The number of fused-ring (bicyclic) bond motifs is 3. The average molecular weight is 309 g/mol. The molecule has 0 aliphatic rings. The van der Waals surface area contributed by atoms with Gasteiger partial charge in [-0.1, -0.05) is 29.5 Å². The first-order valence-corrected chi connectivity index (χ1v) is 7.89. The largest absolute Gasteiger partial charge is 0.332 e. The topological polar surface area (TPSA) is 16.8 Å². The zero-order chi connectivity index (χ0) is 15.3. The third kappa shape index (κ3) is 1.99. The maximum absolute atomic E-state index is 13.4. The smallest absolute Gasteiger partial charge is 0.232 e. The van der Waals surface area contributed by atoms with Crippen LogP contribution in [0.15, 0.2) is 48.7 Å². The Hall–Kier alpha value is -2.33. The predicted molar refractivity (Wildman–Crippen MR) is 88.4 cm³/mol. The Morgan fingerprint density at radius 3 is 2.73 bits per heavy atom. The van der Waals surface area contributed by atoms with Crippen LogP contribution >= 0.6 is 11.3 Å². The summed E-state index contributed by atoms with van der Waals surface area (Å²) >= 11 is 1.53. The molecule has 0 radical (unpaired) electrons. The van der Waals surface area contributed by atoms with Crippen molar-refractivity contribution in [2.75, 3.05) is 0 Å². The molecule has 4 aromatic rings. The molecule has 0 aliphatic heterocycles. The minimum atomic E-state index is -0.206. The van der Waals surface area contributed by atoms with Gasteiger partial charge in [-0.05, 0) is 41.7 Å². The summed E-state index contributed by atoms with van der Waals surface area (Å²) in [5.41, 5.74) is 2.31. The van der Waals surface area contributed by atoms with E-state index in [9.17, 15) is 4.39 Å². The van der Waals surface area contributed by atoms with Crippen molar-refractivity contribution in [2.45, 2.75) is 6.92 Å². The summed E-state index contributed by atoms with van der Waals surface area (Å²) in [5.74, 6) is 0.722. The van der Waals surface area contributed by atoms with Gasteiger partial charge in [-0.3, -0.25) is 0 Å². The van der Waals surface area contributed by atoms with Crippen LogP contribution in [0.1, 0.15) is 5.56 Å². The molecule has 0 amide bonds. The number of aromatic nitrogens is 2. The molecule has 22 heavy (non-hydrogen) atoms. The number of hydrogen-bond acceptors (Lipinski definition) is 2. The molecule has 2 nitrogen and oxygen atoms in total. The highest BCUT2D eigenvalue weighted by Crippen LogP contribution is 2.33. The van der Waals surface area contributed by atoms with Gasteiger partial charge in [-0.25, -0.2) is 8.96 Å². The monoisotopic (exact) mass is 309 g/mol. The third-order valence-corrected chi connectivity index (χ3v) is 4.98. The number of rotatable bonds is 1. The first-order valence-electron chi connectivity index (χ1n) is 7.08. The van der Waals surface area contributed by atoms with Gasteiger partial charge in [0.15, 0.2) is 0 Å². The van der Waals surface area contributed by atoms with E-state index in [1.54, 1.807) is 6.07 Å². The molecule has 4 heteroatoms. The van der Waals surface area contributed by atoms with Crippen molar-refractivity contribution in [3.63, 3.8) is 0 Å². The Morgan fingerprint density at radius 1 is 1.09 bits per heavy atom. The molecule has 4 rings (SSSR count). The summed E-state index contributed by atoms with van der Waals surface area (Å²) in [4.78, 5) is 5.77. The summed E-state index contributed by atoms with van der Waals surface area (Å²) in [6, 6.07) is 13.1. The van der Waals surface area contributed by atoms with E-state index in [1.807, 2.05) is 29.8 Å². The van der Waals surface area contributed by atoms with Crippen molar-refractivity contribution in [2.24, 2.45) is 7.05 Å². The SMILES string of the molecule is Cc1ccccc1-c1nc2sc3cc(F)ccc3c2c[n+]1C. The number of thiophene rings is 1. The van der Waals surface area contributed by atoms with Crippen LogP contribution in [0.5, 0.6) is 0 Å². The van der Waals surface area contributed by atoms with Gasteiger partial charge in [-0.2, -0.15) is 0 Å². The molecular formula is C18H14FN2S+. The zero-order valence-electron chi connectivity index (χ0n) is 12.3. The number of nitrogens with zero attached hydrogens (tertiary/aromatic N) is 2. The molecule has 0 saturated carbocycles. The molecule has 0 fully saturated rings. The van der Waals surface area contributed by atoms with Crippen molar-refractivity contribution in [3.05, 3.63) is 60.0 Å². The average Bonchev–Trinajstić information content (AvgIpc) is 2.83. The second-order valence-electron chi connectivity index (χ2n) is 5.45. The standard InChI is InChI=1S/C18H14FN2S/c1-11-5-3-4-6-13(11)17-20-18-15(10-21(17)2)14-8-7-12(19)9-16(14)22-18/h3-10H,1-2H3/q+1. The molecule has 108 valence electrons. The number of hydrogen-bond donors (Lipinski definition) is 0. The van der Waals surface area contributed by atoms with Crippen LogP contribution in [-0.2, 0) is 7.05 Å². The van der Waals surface area contributed by atoms with Crippen molar-refractivity contribution < 1.29 is 8.96 Å². The Morgan fingerprint density at radius 2 is 1.91 bits per heavy atom. The second-order valence-corrected chi connectivity index (χ2v) is 6.48. The molecule has 0 N–H and O–H groups in total. The molecule has 0 spiro atoms. The van der Waals surface area contributed by atoms with Crippen molar-refractivity contribution in [1.82, 2.24) is 4.98 Å². The van der Waals surface area contributed by atoms with E-state index in [0.717, 1.165) is 31.7 Å². The highest BCUT2D eigenvalue weighted by molar-refractivity contribution is 7.25. The fourth-order valence-electron chi connectivity index (χ4n) is 2.79. The molecular weight excluding hydrogens is 295 g/mol. The molecule has 0 aliphatic carbocycles. The lowest BCUT2D eigenvalue weighted by Crippen LogP contribution is -2.31. The van der Waals surface area contributed by atoms with Crippen LogP contribution in [0.4, 0.5) is 4.39 Å². The highest BCUT2D eigenvalue weighted by Gasteiger charge is 2.20. The zero-order valence-corrected chi connectivity index (χ0v) is 13.1. The second kappa shape index (κ2) is 4.85. The lowest BCUT2D eigenvalue weighted by Gasteiger charge is -2.02. The molecule has 2 aromatic carbocycles. The van der Waals surface area contributed by atoms with Crippen LogP contribution < -0.4 is 4.57 Å². The van der Waals surface area contributed by atoms with Gasteiger partial charge in [0.25, 0.3) is 0 Å². The van der Waals surface area contributed by atoms with Crippen molar-refractivity contribution in [3.8, 4) is 11.4 Å². The molecule has 0 atom stereocenters. The van der Waals surface area contributed by atoms with Crippen LogP contribution in [0.3, 0.4) is 0 Å². The Bertz CT molecular complexity index is 1020. The van der Waals surface area contributed by atoms with Gasteiger partial charge in [-0.15, -0.1) is 0 Å². The Kier molecular flexibility index (Phi) is 2.94. The van der Waals surface area contributed by atoms with Gasteiger partial charge in [0.1, 0.15) is 12.0 Å². The van der Waals surface area contributed by atoms with Crippen LogP contribution in [-0.4, -0.2) is 4.98 Å². The van der Waals surface area contributed by atoms with Gasteiger partial charge >= 0.3 is 5.82 Å². The third-order valence-electron chi connectivity index (χ3n) is 3.92.